The number of aliphatic imine (C=N–C) groups is 1. The van der Waals surface area contributed by atoms with Crippen molar-refractivity contribution in [3.05, 3.63) is 35.4 Å². The van der Waals surface area contributed by atoms with E-state index in [0.717, 1.165) is 32.6 Å². The molecule has 0 bridgehead atoms. The maximum absolute atomic E-state index is 5.93. The molecule has 4 nitrogen and oxygen atoms in total. The van der Waals surface area contributed by atoms with Crippen LogP contribution in [0, 0.1) is 0 Å². The highest BCUT2D eigenvalue weighted by Gasteiger charge is 2.38. The molecule has 1 aromatic carbocycles. The van der Waals surface area contributed by atoms with Gasteiger partial charge in [0, 0.05) is 31.7 Å². The van der Waals surface area contributed by atoms with E-state index in [1.807, 2.05) is 6.92 Å². The second-order valence-electron chi connectivity index (χ2n) is 6.23. The zero-order chi connectivity index (χ0) is 15.9. The summed E-state index contributed by atoms with van der Waals surface area (Å²) in [6.07, 6.45) is 2.05. The predicted octanol–water partition coefficient (Wildman–Crippen LogP) is 3.00. The summed E-state index contributed by atoms with van der Waals surface area (Å²) >= 11 is 0. The molecule has 0 aromatic heterocycles. The molecular formula is C18H29N3O. The molecule has 0 saturated heterocycles. The molecule has 0 aliphatic heterocycles. The number of benzene rings is 1. The minimum atomic E-state index is 0.431. The van der Waals surface area contributed by atoms with E-state index in [1.165, 1.54) is 11.1 Å². The van der Waals surface area contributed by atoms with Crippen molar-refractivity contribution in [2.75, 3.05) is 19.8 Å². The Bertz CT molecular complexity index is 482. The Kier molecular flexibility index (Phi) is 6.25. The summed E-state index contributed by atoms with van der Waals surface area (Å²) in [5.74, 6) is 1.71. The van der Waals surface area contributed by atoms with Crippen molar-refractivity contribution in [3.63, 3.8) is 0 Å². The van der Waals surface area contributed by atoms with Gasteiger partial charge in [0.2, 0.25) is 0 Å². The van der Waals surface area contributed by atoms with Crippen molar-refractivity contribution in [1.82, 2.24) is 5.32 Å². The molecule has 2 rings (SSSR count). The van der Waals surface area contributed by atoms with Crippen LogP contribution in [0.4, 0.5) is 0 Å². The average Bonchev–Trinajstić information content (AvgIpc) is 3.26. The van der Waals surface area contributed by atoms with Gasteiger partial charge in [-0.05, 0) is 36.8 Å². The fourth-order valence-corrected chi connectivity index (χ4v) is 2.60. The van der Waals surface area contributed by atoms with Gasteiger partial charge < -0.3 is 15.8 Å². The lowest BCUT2D eigenvalue weighted by atomic mass is 10.0. The molecule has 122 valence electrons. The van der Waals surface area contributed by atoms with E-state index in [9.17, 15) is 0 Å². The van der Waals surface area contributed by atoms with Crippen molar-refractivity contribution >= 4 is 5.96 Å². The summed E-state index contributed by atoms with van der Waals surface area (Å²) in [6, 6.07) is 9.40. The number of guanidine groups is 1. The van der Waals surface area contributed by atoms with Gasteiger partial charge in [0.05, 0.1) is 0 Å². The number of nitrogens with one attached hydrogen (secondary N) is 1. The van der Waals surface area contributed by atoms with Crippen molar-refractivity contribution in [3.8, 4) is 0 Å². The lowest BCUT2D eigenvalue weighted by Crippen LogP contribution is -2.34. The summed E-state index contributed by atoms with van der Waals surface area (Å²) < 4.78 is 5.28. The van der Waals surface area contributed by atoms with Crippen LogP contribution in [0.25, 0.3) is 0 Å². The number of ether oxygens (including phenoxy) is 1. The zero-order valence-corrected chi connectivity index (χ0v) is 14.0. The fraction of sp³-hybridized carbons (Fsp3) is 0.611. The van der Waals surface area contributed by atoms with E-state index in [4.69, 9.17) is 10.5 Å². The molecule has 1 aliphatic rings. The molecule has 1 saturated carbocycles. The fourth-order valence-electron chi connectivity index (χ4n) is 2.60. The summed E-state index contributed by atoms with van der Waals surface area (Å²) in [5.41, 5.74) is 8.72. The standard InChI is InChI=1S/C18H29N3O/c1-4-22-11-5-10-20-18(19)21-17-12-16(17)15-8-6-14(7-9-15)13(2)3/h6-9,13,16-17H,4-5,10-12H2,1-3H3,(H3,19,20,21). The van der Waals surface area contributed by atoms with E-state index < -0.39 is 0 Å². The summed E-state index contributed by atoms with van der Waals surface area (Å²) in [7, 11) is 0. The van der Waals surface area contributed by atoms with E-state index in [-0.39, 0.29) is 0 Å². The van der Waals surface area contributed by atoms with Crippen molar-refractivity contribution < 1.29 is 4.74 Å². The van der Waals surface area contributed by atoms with Crippen LogP contribution < -0.4 is 11.1 Å². The first kappa shape index (κ1) is 16.8. The minimum absolute atomic E-state index is 0.431. The molecule has 0 spiro atoms. The van der Waals surface area contributed by atoms with Crippen molar-refractivity contribution in [1.29, 1.82) is 0 Å². The van der Waals surface area contributed by atoms with Crippen molar-refractivity contribution in [2.45, 2.75) is 51.5 Å². The molecule has 3 N–H and O–H groups in total. The molecule has 4 heteroatoms. The first-order valence-electron chi connectivity index (χ1n) is 8.35. The Morgan fingerprint density at radius 1 is 1.36 bits per heavy atom. The molecule has 2 atom stereocenters. The van der Waals surface area contributed by atoms with Crippen LogP contribution in [-0.4, -0.2) is 31.8 Å². The Labute approximate surface area is 134 Å². The SMILES string of the molecule is CCOCCCN=C(N)NC1CC1c1ccc(C(C)C)cc1. The maximum atomic E-state index is 5.93. The second-order valence-corrected chi connectivity index (χ2v) is 6.23. The van der Waals surface area contributed by atoms with E-state index in [1.54, 1.807) is 0 Å². The molecule has 2 unspecified atom stereocenters. The maximum Gasteiger partial charge on any atom is 0.188 e. The molecule has 1 fully saturated rings. The number of nitrogens with two attached hydrogens (primary N) is 1. The summed E-state index contributed by atoms with van der Waals surface area (Å²) in [6.45, 7) is 8.68. The molecule has 1 aliphatic carbocycles. The Hall–Kier alpha value is -1.55. The lowest BCUT2D eigenvalue weighted by Gasteiger charge is -2.08. The smallest absolute Gasteiger partial charge is 0.188 e. The van der Waals surface area contributed by atoms with Crippen LogP contribution in [-0.2, 0) is 4.74 Å². The van der Waals surface area contributed by atoms with Gasteiger partial charge in [-0.3, -0.25) is 4.99 Å². The van der Waals surface area contributed by atoms with E-state index >= 15 is 0 Å². The second kappa shape index (κ2) is 8.18. The zero-order valence-electron chi connectivity index (χ0n) is 14.0. The van der Waals surface area contributed by atoms with Gasteiger partial charge in [-0.25, -0.2) is 0 Å². The third-order valence-electron chi connectivity index (χ3n) is 4.09. The number of hydrogen-bond acceptors (Lipinski definition) is 2. The van der Waals surface area contributed by atoms with Gasteiger partial charge in [-0.2, -0.15) is 0 Å². The Morgan fingerprint density at radius 2 is 2.09 bits per heavy atom. The van der Waals surface area contributed by atoms with Gasteiger partial charge >= 0.3 is 0 Å². The lowest BCUT2D eigenvalue weighted by molar-refractivity contribution is 0.146. The first-order chi connectivity index (χ1) is 10.6. The molecular weight excluding hydrogens is 274 g/mol. The van der Waals surface area contributed by atoms with Crippen LogP contribution in [0.15, 0.2) is 29.3 Å². The van der Waals surface area contributed by atoms with Gasteiger partial charge in [0.1, 0.15) is 0 Å². The number of rotatable bonds is 8. The highest BCUT2D eigenvalue weighted by molar-refractivity contribution is 5.78. The van der Waals surface area contributed by atoms with Crippen LogP contribution in [0.2, 0.25) is 0 Å². The average molecular weight is 303 g/mol. The predicted molar refractivity (Wildman–Crippen MR) is 92.4 cm³/mol. The summed E-state index contributed by atoms with van der Waals surface area (Å²) in [4.78, 5) is 4.34. The Balaban J connectivity index is 1.74. The molecule has 22 heavy (non-hydrogen) atoms. The van der Waals surface area contributed by atoms with Crippen LogP contribution in [0.3, 0.4) is 0 Å². The Morgan fingerprint density at radius 3 is 2.73 bits per heavy atom. The third-order valence-corrected chi connectivity index (χ3v) is 4.09. The van der Waals surface area contributed by atoms with E-state index in [0.29, 0.717) is 23.8 Å². The topological polar surface area (TPSA) is 59.6 Å². The normalized spacial score (nSPS) is 21.2. The van der Waals surface area contributed by atoms with Crippen LogP contribution in [0.5, 0.6) is 0 Å². The van der Waals surface area contributed by atoms with Crippen LogP contribution >= 0.6 is 0 Å². The first-order valence-corrected chi connectivity index (χ1v) is 8.35. The minimum Gasteiger partial charge on any atom is -0.382 e. The largest absolute Gasteiger partial charge is 0.382 e. The highest BCUT2D eigenvalue weighted by Crippen LogP contribution is 2.40. The summed E-state index contributed by atoms with van der Waals surface area (Å²) in [5, 5.41) is 3.32. The van der Waals surface area contributed by atoms with Gasteiger partial charge in [0.15, 0.2) is 5.96 Å². The quantitative estimate of drug-likeness (QED) is 0.441. The molecule has 0 heterocycles. The molecule has 1 aromatic rings. The van der Waals surface area contributed by atoms with Crippen LogP contribution in [0.1, 0.15) is 56.6 Å². The van der Waals surface area contributed by atoms with Crippen molar-refractivity contribution in [2.24, 2.45) is 10.7 Å². The van der Waals surface area contributed by atoms with Gasteiger partial charge in [0.25, 0.3) is 0 Å². The molecule has 0 radical (unpaired) electrons. The van der Waals surface area contributed by atoms with E-state index in [2.05, 4.69) is 48.4 Å². The number of hydrogen-bond donors (Lipinski definition) is 2. The van der Waals surface area contributed by atoms with Gasteiger partial charge in [-0.15, -0.1) is 0 Å². The monoisotopic (exact) mass is 303 g/mol. The van der Waals surface area contributed by atoms with Gasteiger partial charge in [-0.1, -0.05) is 38.1 Å². The highest BCUT2D eigenvalue weighted by atomic mass is 16.5. The number of nitrogens with zero attached hydrogens (tertiary/aromatic N) is 1. The molecule has 0 amide bonds. The third kappa shape index (κ3) is 5.02.